The molecule has 1 atom stereocenters. The molecule has 0 aliphatic carbocycles. The molecule has 170 valence electrons. The number of aromatic amines is 1. The van der Waals surface area contributed by atoms with Crippen LogP contribution in [0.25, 0.3) is 5.65 Å². The van der Waals surface area contributed by atoms with Gasteiger partial charge in [0.25, 0.3) is 0 Å². The summed E-state index contributed by atoms with van der Waals surface area (Å²) in [5, 5.41) is 4.44. The number of carbonyl (C=O) groups is 3. The van der Waals surface area contributed by atoms with E-state index in [9.17, 15) is 14.4 Å². The molecule has 0 spiro atoms. The Balaban J connectivity index is 1.69. The highest BCUT2D eigenvalue weighted by atomic mass is 16.5. The standard InChI is InChI=1S/C23H28N4O5/c1-11-10-18-24-13(3)17(15(5)27(18)26-11)8-9-19(28)32-16(6)22(29)21-12(2)20(14(4)25-21)23(30)31-7/h10,16,25H,8-9H2,1-7H3. The summed E-state index contributed by atoms with van der Waals surface area (Å²) >= 11 is 0. The van der Waals surface area contributed by atoms with Gasteiger partial charge in [0.2, 0.25) is 5.78 Å². The highest BCUT2D eigenvalue weighted by Crippen LogP contribution is 2.21. The number of Topliss-reactive ketones (excluding diaryl/α,β-unsaturated/α-hetero) is 1. The Morgan fingerprint density at radius 1 is 1.16 bits per heavy atom. The van der Waals surface area contributed by atoms with Crippen LogP contribution in [0.1, 0.15) is 68.1 Å². The first-order valence-electron chi connectivity index (χ1n) is 10.4. The summed E-state index contributed by atoms with van der Waals surface area (Å²) in [5.41, 5.74) is 5.87. The van der Waals surface area contributed by atoms with Crippen molar-refractivity contribution in [1.29, 1.82) is 0 Å². The molecular formula is C23H28N4O5. The Hall–Kier alpha value is -3.49. The van der Waals surface area contributed by atoms with Crippen LogP contribution in [0.3, 0.4) is 0 Å². The smallest absolute Gasteiger partial charge is 0.339 e. The molecule has 3 aromatic rings. The summed E-state index contributed by atoms with van der Waals surface area (Å²) in [5.74, 6) is -1.42. The Labute approximate surface area is 186 Å². The average Bonchev–Trinajstić information content (AvgIpc) is 3.25. The molecule has 0 aromatic carbocycles. The van der Waals surface area contributed by atoms with Crippen LogP contribution in [0.15, 0.2) is 6.07 Å². The zero-order chi connectivity index (χ0) is 23.7. The van der Waals surface area contributed by atoms with Gasteiger partial charge in [0.1, 0.15) is 0 Å². The van der Waals surface area contributed by atoms with Crippen LogP contribution in [-0.4, -0.2) is 50.5 Å². The largest absolute Gasteiger partial charge is 0.465 e. The molecule has 1 unspecified atom stereocenters. The van der Waals surface area contributed by atoms with E-state index < -0.39 is 23.8 Å². The number of fused-ring (bicyclic) bond motifs is 1. The predicted molar refractivity (Wildman–Crippen MR) is 117 cm³/mol. The number of nitrogens with zero attached hydrogens (tertiary/aromatic N) is 3. The number of ketones is 1. The first-order chi connectivity index (χ1) is 15.0. The van der Waals surface area contributed by atoms with Crippen molar-refractivity contribution in [3.8, 4) is 0 Å². The third-order valence-corrected chi connectivity index (χ3v) is 5.62. The van der Waals surface area contributed by atoms with E-state index in [-0.39, 0.29) is 12.1 Å². The number of nitrogens with one attached hydrogen (secondary N) is 1. The van der Waals surface area contributed by atoms with Crippen LogP contribution in [0.4, 0.5) is 0 Å². The van der Waals surface area contributed by atoms with Gasteiger partial charge >= 0.3 is 11.9 Å². The monoisotopic (exact) mass is 440 g/mol. The van der Waals surface area contributed by atoms with Crippen molar-refractivity contribution < 1.29 is 23.9 Å². The minimum absolute atomic E-state index is 0.100. The first-order valence-corrected chi connectivity index (χ1v) is 10.4. The number of hydrogen-bond acceptors (Lipinski definition) is 7. The lowest BCUT2D eigenvalue weighted by Crippen LogP contribution is -2.25. The van der Waals surface area contributed by atoms with Gasteiger partial charge in [0.05, 0.1) is 24.1 Å². The molecule has 3 rings (SSSR count). The van der Waals surface area contributed by atoms with Gasteiger partial charge in [-0.05, 0) is 59.1 Å². The molecule has 9 heteroatoms. The lowest BCUT2D eigenvalue weighted by Gasteiger charge is -2.14. The predicted octanol–water partition coefficient (Wildman–Crippen LogP) is 3.13. The van der Waals surface area contributed by atoms with E-state index in [0.29, 0.717) is 23.2 Å². The van der Waals surface area contributed by atoms with Gasteiger partial charge in [0, 0.05) is 29.6 Å². The summed E-state index contributed by atoms with van der Waals surface area (Å²) in [6, 6.07) is 1.90. The molecule has 9 nitrogen and oxygen atoms in total. The second-order valence-electron chi connectivity index (χ2n) is 7.93. The normalized spacial score (nSPS) is 12.1. The van der Waals surface area contributed by atoms with Crippen molar-refractivity contribution in [2.75, 3.05) is 7.11 Å². The fraction of sp³-hybridized carbons (Fsp3) is 0.435. The van der Waals surface area contributed by atoms with E-state index in [1.54, 1.807) is 18.4 Å². The molecule has 0 saturated heterocycles. The zero-order valence-electron chi connectivity index (χ0n) is 19.5. The third-order valence-electron chi connectivity index (χ3n) is 5.62. The van der Waals surface area contributed by atoms with E-state index in [4.69, 9.17) is 9.47 Å². The molecule has 0 saturated carbocycles. The molecule has 3 heterocycles. The molecule has 0 bridgehead atoms. The molecule has 0 amide bonds. The number of ether oxygens (including phenoxy) is 2. The van der Waals surface area contributed by atoms with E-state index in [2.05, 4.69) is 15.1 Å². The molecular weight excluding hydrogens is 412 g/mol. The average molecular weight is 441 g/mol. The number of carbonyl (C=O) groups excluding carboxylic acids is 3. The fourth-order valence-corrected chi connectivity index (χ4v) is 3.95. The lowest BCUT2D eigenvalue weighted by molar-refractivity contribution is -0.146. The Kier molecular flexibility index (Phi) is 6.47. The van der Waals surface area contributed by atoms with E-state index in [1.165, 1.54) is 14.0 Å². The van der Waals surface area contributed by atoms with E-state index in [1.807, 2.05) is 26.8 Å². The maximum atomic E-state index is 12.8. The summed E-state index contributed by atoms with van der Waals surface area (Å²) in [4.78, 5) is 44.7. The maximum absolute atomic E-state index is 12.8. The fourth-order valence-electron chi connectivity index (χ4n) is 3.95. The lowest BCUT2D eigenvalue weighted by atomic mass is 10.1. The van der Waals surface area contributed by atoms with E-state index in [0.717, 1.165) is 28.3 Å². The minimum atomic E-state index is -0.999. The number of esters is 2. The van der Waals surface area contributed by atoms with Crippen molar-refractivity contribution in [1.82, 2.24) is 19.6 Å². The van der Waals surface area contributed by atoms with E-state index >= 15 is 0 Å². The van der Waals surface area contributed by atoms with Crippen molar-refractivity contribution in [2.24, 2.45) is 0 Å². The SMILES string of the molecule is COC(=O)c1c(C)[nH]c(C(=O)C(C)OC(=O)CCc2c(C)nc3cc(C)nn3c2C)c1C. The number of hydrogen-bond donors (Lipinski definition) is 1. The number of methoxy groups -OCH3 is 1. The van der Waals surface area contributed by atoms with Crippen LogP contribution in [0.5, 0.6) is 0 Å². The number of rotatable bonds is 7. The van der Waals surface area contributed by atoms with Gasteiger partial charge < -0.3 is 14.5 Å². The van der Waals surface area contributed by atoms with Gasteiger partial charge in [0.15, 0.2) is 11.8 Å². The molecule has 0 aliphatic heterocycles. The highest BCUT2D eigenvalue weighted by molar-refractivity contribution is 6.03. The van der Waals surface area contributed by atoms with Gasteiger partial charge in [-0.25, -0.2) is 14.3 Å². The zero-order valence-corrected chi connectivity index (χ0v) is 19.5. The topological polar surface area (TPSA) is 116 Å². The molecule has 32 heavy (non-hydrogen) atoms. The van der Waals surface area contributed by atoms with Gasteiger partial charge in [-0.1, -0.05) is 0 Å². The van der Waals surface area contributed by atoms with Crippen molar-refractivity contribution in [2.45, 2.75) is 60.5 Å². The maximum Gasteiger partial charge on any atom is 0.339 e. The van der Waals surface area contributed by atoms with Crippen molar-refractivity contribution >= 4 is 23.4 Å². The molecule has 0 fully saturated rings. The van der Waals surface area contributed by atoms with Crippen molar-refractivity contribution in [3.63, 3.8) is 0 Å². The molecule has 0 radical (unpaired) electrons. The van der Waals surface area contributed by atoms with Gasteiger partial charge in [-0.2, -0.15) is 5.10 Å². The summed E-state index contributed by atoms with van der Waals surface area (Å²) in [6.07, 6.45) is -0.476. The van der Waals surface area contributed by atoms with Crippen molar-refractivity contribution in [3.05, 3.63) is 51.2 Å². The first kappa shape index (κ1) is 23.2. The van der Waals surface area contributed by atoms with Gasteiger partial charge in [-0.15, -0.1) is 0 Å². The summed E-state index contributed by atoms with van der Waals surface area (Å²) < 4.78 is 11.9. The summed E-state index contributed by atoms with van der Waals surface area (Å²) in [6.45, 7) is 10.6. The molecule has 3 aromatic heterocycles. The van der Waals surface area contributed by atoms with Crippen LogP contribution in [-0.2, 0) is 20.7 Å². The molecule has 1 N–H and O–H groups in total. The van der Waals surface area contributed by atoms with Gasteiger partial charge in [-0.3, -0.25) is 9.59 Å². The Morgan fingerprint density at radius 3 is 2.50 bits per heavy atom. The second-order valence-corrected chi connectivity index (χ2v) is 7.93. The highest BCUT2D eigenvalue weighted by Gasteiger charge is 2.27. The second kappa shape index (κ2) is 8.94. The number of aryl methyl sites for hydroxylation is 4. The number of aromatic nitrogens is 4. The van der Waals surface area contributed by atoms with Crippen LogP contribution in [0, 0.1) is 34.6 Å². The number of H-pyrrole nitrogens is 1. The quantitative estimate of drug-likeness (QED) is 0.443. The van der Waals surface area contributed by atoms with Crippen LogP contribution >= 0.6 is 0 Å². The van der Waals surface area contributed by atoms with Crippen LogP contribution < -0.4 is 0 Å². The minimum Gasteiger partial charge on any atom is -0.465 e. The Morgan fingerprint density at radius 2 is 1.84 bits per heavy atom. The van der Waals surface area contributed by atoms with Crippen LogP contribution in [0.2, 0.25) is 0 Å². The Bertz CT molecular complexity index is 1220. The summed E-state index contributed by atoms with van der Waals surface area (Å²) in [7, 11) is 1.28. The third kappa shape index (κ3) is 4.28. The molecule has 0 aliphatic rings.